The van der Waals surface area contributed by atoms with Crippen molar-refractivity contribution in [3.8, 4) is 0 Å². The highest BCUT2D eigenvalue weighted by molar-refractivity contribution is 6.74. The summed E-state index contributed by atoms with van der Waals surface area (Å²) in [5, 5.41) is 32.5. The van der Waals surface area contributed by atoms with Gasteiger partial charge in [-0.3, -0.25) is 4.79 Å². The molecule has 5 atom stereocenters. The molecule has 0 aliphatic carbocycles. The molecule has 130 valence electrons. The molecule has 0 spiro atoms. The topological polar surface area (TPSA) is 108 Å². The lowest BCUT2D eigenvalue weighted by Crippen LogP contribution is -2.64. The summed E-state index contributed by atoms with van der Waals surface area (Å²) in [6.45, 7) is 11.7. The lowest BCUT2D eigenvalue weighted by molar-refractivity contribution is -0.252. The summed E-state index contributed by atoms with van der Waals surface area (Å²) in [6.07, 6.45) is -4.80. The third kappa shape index (κ3) is 4.50. The van der Waals surface area contributed by atoms with Crippen LogP contribution in [0.15, 0.2) is 0 Å². The van der Waals surface area contributed by atoms with Crippen LogP contribution >= 0.6 is 0 Å². The highest BCUT2D eigenvalue weighted by atomic mass is 28.4. The van der Waals surface area contributed by atoms with Gasteiger partial charge in [0.2, 0.25) is 5.91 Å². The van der Waals surface area contributed by atoms with Gasteiger partial charge in [-0.05, 0) is 18.1 Å². The Bertz CT molecular complexity index is 397. The highest BCUT2D eigenvalue weighted by Gasteiger charge is 2.46. The molecule has 0 aromatic rings. The third-order valence-electron chi connectivity index (χ3n) is 4.50. The molecule has 1 heterocycles. The Morgan fingerprint density at radius 2 is 1.77 bits per heavy atom. The first-order chi connectivity index (χ1) is 9.86. The van der Waals surface area contributed by atoms with Crippen LogP contribution in [0.3, 0.4) is 0 Å². The number of hydrogen-bond donors (Lipinski definition) is 4. The summed E-state index contributed by atoms with van der Waals surface area (Å²) in [6, 6.07) is -1.06. The number of hydrogen-bond acceptors (Lipinski definition) is 6. The van der Waals surface area contributed by atoms with E-state index >= 15 is 0 Å². The van der Waals surface area contributed by atoms with Gasteiger partial charge in [-0.2, -0.15) is 0 Å². The SMILES string of the molecule is CC(=O)N[C@@H]1[C@@H](O)[C@H](O)[C@@H](CO[Si](C)(C)C(C)(C)C)O[C@@H]1O. The minimum atomic E-state index is -2.03. The van der Waals surface area contributed by atoms with Crippen LogP contribution in [-0.2, 0) is 14.0 Å². The van der Waals surface area contributed by atoms with Crippen LogP contribution in [-0.4, -0.2) is 66.8 Å². The predicted molar refractivity (Wildman–Crippen MR) is 83.6 cm³/mol. The van der Waals surface area contributed by atoms with Gasteiger partial charge >= 0.3 is 0 Å². The summed E-state index contributed by atoms with van der Waals surface area (Å²) >= 11 is 0. The van der Waals surface area contributed by atoms with Gasteiger partial charge in [0.1, 0.15) is 24.4 Å². The zero-order valence-corrected chi connectivity index (χ0v) is 15.2. The van der Waals surface area contributed by atoms with E-state index in [4.69, 9.17) is 9.16 Å². The molecule has 1 aliphatic rings. The average molecular weight is 335 g/mol. The van der Waals surface area contributed by atoms with Crippen molar-refractivity contribution < 1.29 is 29.3 Å². The summed E-state index contributed by atoms with van der Waals surface area (Å²) < 4.78 is 11.3. The molecule has 1 fully saturated rings. The normalized spacial score (nSPS) is 33.6. The van der Waals surface area contributed by atoms with E-state index in [-0.39, 0.29) is 11.6 Å². The maximum absolute atomic E-state index is 11.1. The van der Waals surface area contributed by atoms with Crippen LogP contribution in [0.4, 0.5) is 0 Å². The molecule has 8 heteroatoms. The van der Waals surface area contributed by atoms with Crippen LogP contribution in [0.1, 0.15) is 27.7 Å². The van der Waals surface area contributed by atoms with Crippen molar-refractivity contribution in [3.05, 3.63) is 0 Å². The lowest BCUT2D eigenvalue weighted by Gasteiger charge is -2.43. The van der Waals surface area contributed by atoms with Crippen LogP contribution in [0, 0.1) is 0 Å². The van der Waals surface area contributed by atoms with Gasteiger partial charge in [0.25, 0.3) is 0 Å². The first-order valence-corrected chi connectivity index (χ1v) is 10.4. The number of aliphatic hydroxyl groups is 3. The van der Waals surface area contributed by atoms with Crippen molar-refractivity contribution in [1.29, 1.82) is 0 Å². The van der Waals surface area contributed by atoms with Gasteiger partial charge < -0.3 is 29.8 Å². The molecule has 1 saturated heterocycles. The predicted octanol–water partition coefficient (Wildman–Crippen LogP) is -0.0481. The number of aliphatic hydroxyl groups excluding tert-OH is 3. The number of nitrogens with one attached hydrogen (secondary N) is 1. The van der Waals surface area contributed by atoms with Gasteiger partial charge in [-0.15, -0.1) is 0 Å². The Morgan fingerprint density at radius 1 is 1.23 bits per heavy atom. The van der Waals surface area contributed by atoms with Crippen molar-refractivity contribution in [2.45, 2.75) is 76.5 Å². The molecule has 1 amide bonds. The maximum Gasteiger partial charge on any atom is 0.217 e. The Morgan fingerprint density at radius 3 is 2.23 bits per heavy atom. The molecule has 7 nitrogen and oxygen atoms in total. The minimum absolute atomic E-state index is 0.00255. The molecule has 4 N–H and O–H groups in total. The Hall–Kier alpha value is -0.513. The van der Waals surface area contributed by atoms with Gasteiger partial charge in [0, 0.05) is 6.92 Å². The van der Waals surface area contributed by atoms with Crippen molar-refractivity contribution in [3.63, 3.8) is 0 Å². The van der Waals surface area contributed by atoms with E-state index in [0.29, 0.717) is 0 Å². The van der Waals surface area contributed by atoms with E-state index in [1.165, 1.54) is 6.92 Å². The molecular formula is C14H29NO6Si. The lowest BCUT2D eigenvalue weighted by atomic mass is 9.97. The maximum atomic E-state index is 11.1. The minimum Gasteiger partial charge on any atom is -0.414 e. The van der Waals surface area contributed by atoms with Crippen molar-refractivity contribution in [2.24, 2.45) is 0 Å². The molecule has 0 radical (unpaired) electrons. The number of amides is 1. The van der Waals surface area contributed by atoms with E-state index < -0.39 is 44.9 Å². The van der Waals surface area contributed by atoms with E-state index in [2.05, 4.69) is 39.2 Å². The fourth-order valence-corrected chi connectivity index (χ4v) is 3.00. The average Bonchev–Trinajstić information content (AvgIpc) is 2.35. The third-order valence-corrected chi connectivity index (χ3v) is 9.01. The summed E-state index contributed by atoms with van der Waals surface area (Å²) in [4.78, 5) is 11.1. The first kappa shape index (κ1) is 19.5. The van der Waals surface area contributed by atoms with Crippen molar-refractivity contribution >= 4 is 14.2 Å². The Labute approximate surface area is 132 Å². The standard InChI is InChI=1S/C14H29NO6Si/c1-8(16)15-10-12(18)11(17)9(21-13(10)19)7-20-22(5,6)14(2,3)4/h9-13,17-19H,7H2,1-6H3,(H,15,16)/t9-,10-,11-,12-,13+/m1/s1. The number of carbonyl (C=O) groups excluding carboxylic acids is 1. The molecule has 1 rings (SSSR count). The summed E-state index contributed by atoms with van der Waals surface area (Å²) in [5.41, 5.74) is 0. The van der Waals surface area contributed by atoms with Gasteiger partial charge in [-0.25, -0.2) is 0 Å². The fourth-order valence-electron chi connectivity index (χ4n) is 1.98. The molecule has 0 aromatic carbocycles. The van der Waals surface area contributed by atoms with E-state index in [1.54, 1.807) is 0 Å². The van der Waals surface area contributed by atoms with Gasteiger partial charge in [0.15, 0.2) is 14.6 Å². The number of ether oxygens (including phenoxy) is 1. The van der Waals surface area contributed by atoms with E-state index in [9.17, 15) is 20.1 Å². The zero-order valence-electron chi connectivity index (χ0n) is 14.2. The number of carbonyl (C=O) groups is 1. The molecule has 0 aromatic heterocycles. The Balaban J connectivity index is 2.70. The van der Waals surface area contributed by atoms with E-state index in [1.807, 2.05) is 0 Å². The second-order valence-electron chi connectivity index (χ2n) is 7.34. The molecule has 0 bridgehead atoms. The monoisotopic (exact) mass is 335 g/mol. The number of rotatable bonds is 4. The van der Waals surface area contributed by atoms with Gasteiger partial charge in [0.05, 0.1) is 6.61 Å². The molecule has 0 saturated carbocycles. The Kier molecular flexibility index (Phi) is 6.16. The molecule has 0 unspecified atom stereocenters. The first-order valence-electron chi connectivity index (χ1n) is 7.47. The van der Waals surface area contributed by atoms with E-state index in [0.717, 1.165) is 0 Å². The largest absolute Gasteiger partial charge is 0.414 e. The van der Waals surface area contributed by atoms with Crippen LogP contribution < -0.4 is 5.32 Å². The summed E-state index contributed by atoms with van der Waals surface area (Å²) in [5.74, 6) is -0.421. The zero-order chi connectivity index (χ0) is 17.3. The van der Waals surface area contributed by atoms with Crippen molar-refractivity contribution in [2.75, 3.05) is 6.61 Å². The molecule has 22 heavy (non-hydrogen) atoms. The van der Waals surface area contributed by atoms with Gasteiger partial charge in [-0.1, -0.05) is 20.8 Å². The van der Waals surface area contributed by atoms with Crippen molar-refractivity contribution in [1.82, 2.24) is 5.32 Å². The van der Waals surface area contributed by atoms with Crippen LogP contribution in [0.2, 0.25) is 18.1 Å². The van der Waals surface area contributed by atoms with Crippen LogP contribution in [0.5, 0.6) is 0 Å². The highest BCUT2D eigenvalue weighted by Crippen LogP contribution is 2.37. The quantitative estimate of drug-likeness (QED) is 0.537. The molecule has 1 aliphatic heterocycles. The second-order valence-corrected chi connectivity index (χ2v) is 12.2. The summed E-state index contributed by atoms with van der Waals surface area (Å²) in [7, 11) is -2.03. The smallest absolute Gasteiger partial charge is 0.217 e. The van der Waals surface area contributed by atoms with Crippen LogP contribution in [0.25, 0.3) is 0 Å². The molecular weight excluding hydrogens is 306 g/mol. The second kappa shape index (κ2) is 6.94. The fraction of sp³-hybridized carbons (Fsp3) is 0.929.